The molecule has 0 N–H and O–H groups in total. The van der Waals surface area contributed by atoms with Crippen LogP contribution in [-0.2, 0) is 0 Å². The molecule has 0 unspecified atom stereocenters. The molecule has 0 aliphatic carbocycles. The summed E-state index contributed by atoms with van der Waals surface area (Å²) in [6.07, 6.45) is 0. The summed E-state index contributed by atoms with van der Waals surface area (Å²) in [4.78, 5) is 3.30. The molecular formula is C26H13Cl3N2OS2. The first-order chi connectivity index (χ1) is 16.5. The van der Waals surface area contributed by atoms with Crippen LogP contribution < -0.4 is 4.74 Å². The third-order valence-corrected chi connectivity index (χ3v) is 8.33. The smallest absolute Gasteiger partial charge is 0.146 e. The highest BCUT2D eigenvalue weighted by molar-refractivity contribution is 8.02. The highest BCUT2D eigenvalue weighted by Crippen LogP contribution is 2.47. The Hall–Kier alpha value is -2.77. The molecule has 0 radical (unpaired) electrons. The van der Waals surface area contributed by atoms with E-state index in [1.54, 1.807) is 24.3 Å². The number of halogens is 3. The second kappa shape index (κ2) is 11.1. The van der Waals surface area contributed by atoms with Gasteiger partial charge in [-0.3, -0.25) is 0 Å². The highest BCUT2D eigenvalue weighted by atomic mass is 35.5. The minimum absolute atomic E-state index is 0.163. The number of ether oxygens (including phenoxy) is 1. The third kappa shape index (κ3) is 5.47. The minimum atomic E-state index is 0.163. The Kier molecular flexibility index (Phi) is 7.95. The van der Waals surface area contributed by atoms with E-state index in [9.17, 15) is 10.5 Å². The van der Waals surface area contributed by atoms with E-state index in [1.165, 1.54) is 23.5 Å². The quantitative estimate of drug-likeness (QED) is 0.244. The fraction of sp³-hybridized carbons (Fsp3) is 0. The topological polar surface area (TPSA) is 56.8 Å². The van der Waals surface area contributed by atoms with Crippen LogP contribution in [0.2, 0.25) is 15.1 Å². The Bertz CT molecular complexity index is 1460. The van der Waals surface area contributed by atoms with Gasteiger partial charge in [0.25, 0.3) is 0 Å². The van der Waals surface area contributed by atoms with E-state index < -0.39 is 0 Å². The fourth-order valence-electron chi connectivity index (χ4n) is 3.01. The van der Waals surface area contributed by atoms with Gasteiger partial charge in [-0.25, -0.2) is 0 Å². The van der Waals surface area contributed by atoms with Crippen molar-refractivity contribution in [2.45, 2.75) is 19.6 Å². The third-order valence-electron chi connectivity index (χ3n) is 4.57. The van der Waals surface area contributed by atoms with Gasteiger partial charge in [-0.1, -0.05) is 88.7 Å². The molecule has 0 spiro atoms. The van der Waals surface area contributed by atoms with Crippen LogP contribution in [0.3, 0.4) is 0 Å². The average molecular weight is 540 g/mol. The second-order valence-corrected chi connectivity index (χ2v) is 10.2. The van der Waals surface area contributed by atoms with Crippen molar-refractivity contribution in [3.63, 3.8) is 0 Å². The molecule has 34 heavy (non-hydrogen) atoms. The second-order valence-electron chi connectivity index (χ2n) is 6.80. The van der Waals surface area contributed by atoms with Crippen molar-refractivity contribution in [2.75, 3.05) is 0 Å². The van der Waals surface area contributed by atoms with Crippen molar-refractivity contribution in [2.24, 2.45) is 0 Å². The van der Waals surface area contributed by atoms with Crippen LogP contribution in [0, 0.1) is 22.7 Å². The minimum Gasteiger partial charge on any atom is -0.456 e. The molecule has 4 aromatic carbocycles. The largest absolute Gasteiger partial charge is 0.456 e. The monoisotopic (exact) mass is 538 g/mol. The maximum atomic E-state index is 9.54. The van der Waals surface area contributed by atoms with Crippen LogP contribution in [0.5, 0.6) is 11.5 Å². The summed E-state index contributed by atoms with van der Waals surface area (Å²) in [7, 11) is 0. The Morgan fingerprint density at radius 1 is 0.647 bits per heavy atom. The lowest BCUT2D eigenvalue weighted by Gasteiger charge is -2.16. The van der Waals surface area contributed by atoms with Crippen molar-refractivity contribution >= 4 is 58.3 Å². The Labute approximate surface area is 220 Å². The van der Waals surface area contributed by atoms with E-state index in [0.717, 1.165) is 19.6 Å². The number of rotatable bonds is 6. The average Bonchev–Trinajstić information content (AvgIpc) is 2.83. The first-order valence-corrected chi connectivity index (χ1v) is 12.6. The van der Waals surface area contributed by atoms with Crippen LogP contribution in [0.4, 0.5) is 0 Å². The van der Waals surface area contributed by atoms with E-state index in [2.05, 4.69) is 0 Å². The van der Waals surface area contributed by atoms with E-state index in [-0.39, 0.29) is 16.9 Å². The van der Waals surface area contributed by atoms with E-state index in [0.29, 0.717) is 20.8 Å². The first-order valence-electron chi connectivity index (χ1n) is 9.79. The zero-order valence-electron chi connectivity index (χ0n) is 17.3. The van der Waals surface area contributed by atoms with E-state index >= 15 is 0 Å². The molecule has 3 nitrogen and oxygen atoms in total. The van der Waals surface area contributed by atoms with E-state index in [4.69, 9.17) is 39.5 Å². The maximum Gasteiger partial charge on any atom is 0.146 e. The molecule has 0 atom stereocenters. The number of benzene rings is 4. The molecule has 4 aromatic rings. The van der Waals surface area contributed by atoms with Crippen molar-refractivity contribution in [3.8, 4) is 23.6 Å². The summed E-state index contributed by atoms with van der Waals surface area (Å²) in [6, 6.07) is 27.5. The van der Waals surface area contributed by atoms with Crippen molar-refractivity contribution in [3.05, 3.63) is 105 Å². The SMILES string of the molecule is N#Cc1cccc(Oc2cc(Cl)c(Sc3ccccc3Cl)c(Sc3ccccc3Cl)c2)c1C#N. The maximum absolute atomic E-state index is 9.54. The normalized spacial score (nSPS) is 10.4. The van der Waals surface area contributed by atoms with Crippen LogP contribution in [0.15, 0.2) is 98.4 Å². The molecule has 0 saturated carbocycles. The van der Waals surface area contributed by atoms with Crippen LogP contribution >= 0.6 is 58.3 Å². The zero-order chi connectivity index (χ0) is 24.1. The number of nitriles is 2. The Balaban J connectivity index is 1.79. The first kappa shape index (κ1) is 24.4. The van der Waals surface area contributed by atoms with Gasteiger partial charge in [0.05, 0.1) is 20.6 Å². The van der Waals surface area contributed by atoms with Crippen LogP contribution in [0.25, 0.3) is 0 Å². The lowest BCUT2D eigenvalue weighted by Crippen LogP contribution is -1.93. The van der Waals surface area contributed by atoms with Gasteiger partial charge >= 0.3 is 0 Å². The van der Waals surface area contributed by atoms with E-state index in [1.807, 2.05) is 66.7 Å². The van der Waals surface area contributed by atoms with Crippen molar-refractivity contribution in [1.29, 1.82) is 10.5 Å². The molecule has 166 valence electrons. The fourth-order valence-corrected chi connectivity index (χ4v) is 5.92. The predicted octanol–water partition coefficient (Wildman–Crippen LogP) is 9.48. The lowest BCUT2D eigenvalue weighted by molar-refractivity contribution is 0.479. The number of nitrogens with zero attached hydrogens (tertiary/aromatic N) is 2. The van der Waals surface area contributed by atoms with Crippen molar-refractivity contribution in [1.82, 2.24) is 0 Å². The molecule has 0 saturated heterocycles. The molecular weight excluding hydrogens is 527 g/mol. The molecule has 0 bridgehead atoms. The molecule has 0 aliphatic rings. The lowest BCUT2D eigenvalue weighted by atomic mass is 10.1. The molecule has 4 rings (SSSR count). The zero-order valence-corrected chi connectivity index (χ0v) is 21.2. The standard InChI is InChI=1S/C26H13Cl3N2OS2/c27-19-7-1-3-10-23(19)33-25-13-17(32-22-9-5-6-16(14-30)18(22)15-31)12-21(29)26(25)34-24-11-4-2-8-20(24)28/h1-13H. The van der Waals surface area contributed by atoms with Gasteiger partial charge in [-0.15, -0.1) is 0 Å². The Morgan fingerprint density at radius 2 is 1.29 bits per heavy atom. The number of hydrogen-bond donors (Lipinski definition) is 0. The van der Waals surface area contributed by atoms with Gasteiger partial charge in [0.2, 0.25) is 0 Å². The van der Waals surface area contributed by atoms with Crippen LogP contribution in [-0.4, -0.2) is 0 Å². The van der Waals surface area contributed by atoms with Gasteiger partial charge in [0.15, 0.2) is 0 Å². The van der Waals surface area contributed by atoms with Gasteiger partial charge < -0.3 is 4.74 Å². The molecule has 8 heteroatoms. The molecule has 0 heterocycles. The number of hydrogen-bond acceptors (Lipinski definition) is 5. The van der Waals surface area contributed by atoms with Gasteiger partial charge in [0, 0.05) is 25.6 Å². The summed E-state index contributed by atoms with van der Waals surface area (Å²) in [5.74, 6) is 0.701. The summed E-state index contributed by atoms with van der Waals surface area (Å²) in [5, 5.41) is 20.5. The van der Waals surface area contributed by atoms with Gasteiger partial charge in [-0.2, -0.15) is 10.5 Å². The van der Waals surface area contributed by atoms with Gasteiger partial charge in [0.1, 0.15) is 29.2 Å². The predicted molar refractivity (Wildman–Crippen MR) is 139 cm³/mol. The molecule has 0 aromatic heterocycles. The summed E-state index contributed by atoms with van der Waals surface area (Å²) >= 11 is 22.4. The molecule has 0 aliphatic heterocycles. The summed E-state index contributed by atoms with van der Waals surface area (Å²) in [6.45, 7) is 0. The van der Waals surface area contributed by atoms with Crippen molar-refractivity contribution < 1.29 is 4.74 Å². The van der Waals surface area contributed by atoms with Crippen LogP contribution in [0.1, 0.15) is 11.1 Å². The van der Waals surface area contributed by atoms with Gasteiger partial charge in [-0.05, 0) is 42.5 Å². The summed E-state index contributed by atoms with van der Waals surface area (Å²) in [5.41, 5.74) is 0.401. The Morgan fingerprint density at radius 3 is 1.91 bits per heavy atom. The summed E-state index contributed by atoms with van der Waals surface area (Å²) < 4.78 is 6.02. The molecule has 0 fully saturated rings. The molecule has 0 amide bonds. The highest BCUT2D eigenvalue weighted by Gasteiger charge is 2.18.